The summed E-state index contributed by atoms with van der Waals surface area (Å²) in [6.45, 7) is 4.09. The van der Waals surface area contributed by atoms with E-state index in [1.54, 1.807) is 126 Å². The molecule has 4 aromatic carbocycles. The number of rotatable bonds is 19. The lowest BCUT2D eigenvalue weighted by molar-refractivity contribution is -0.143. The SMILES string of the molecule is CCOC(=O)CCN(C)CC(=O)N1CCc2cc(OCc3cc(-c4ccccc4)c(C(F)(F)F)s3)ccc21.CN(CCC(=O)O)CC(=O)N1CCc2cc(OCc3cc(-c4ccccc4)c(C(F)(F)F)s3)ccc21.Cl. The molecule has 400 valence electrons. The Morgan fingerprint density at radius 3 is 1.41 bits per heavy atom. The van der Waals surface area contributed by atoms with E-state index in [1.165, 1.54) is 12.1 Å². The highest BCUT2D eigenvalue weighted by Crippen LogP contribution is 2.45. The first kappa shape index (κ1) is 57.8. The first-order valence-corrected chi connectivity index (χ1v) is 25.3. The molecule has 75 heavy (non-hydrogen) atoms. The van der Waals surface area contributed by atoms with Crippen LogP contribution in [0, 0.1) is 0 Å². The number of carbonyl (C=O) groups is 4. The summed E-state index contributed by atoms with van der Waals surface area (Å²) in [4.78, 5) is 54.3. The smallest absolute Gasteiger partial charge is 0.426 e. The number of hydrogen-bond acceptors (Lipinski definition) is 11. The van der Waals surface area contributed by atoms with Crippen molar-refractivity contribution in [1.29, 1.82) is 0 Å². The highest BCUT2D eigenvalue weighted by molar-refractivity contribution is 7.13. The van der Waals surface area contributed by atoms with Crippen LogP contribution >= 0.6 is 35.1 Å². The molecule has 2 aromatic heterocycles. The van der Waals surface area contributed by atoms with E-state index in [0.717, 1.165) is 22.5 Å². The highest BCUT2D eigenvalue weighted by Gasteiger charge is 2.38. The van der Waals surface area contributed by atoms with Gasteiger partial charge in [-0.2, -0.15) is 26.3 Å². The maximum atomic E-state index is 13.7. The third-order valence-corrected chi connectivity index (χ3v) is 14.3. The summed E-state index contributed by atoms with van der Waals surface area (Å²) in [6, 6.07) is 30.7. The number of thiophene rings is 2. The van der Waals surface area contributed by atoms with E-state index in [1.807, 2.05) is 12.1 Å². The van der Waals surface area contributed by atoms with Crippen LogP contribution in [-0.4, -0.2) is 98.6 Å². The van der Waals surface area contributed by atoms with Crippen LogP contribution in [-0.2, 0) is 62.3 Å². The summed E-state index contributed by atoms with van der Waals surface area (Å²) in [5.41, 5.74) is 4.72. The van der Waals surface area contributed by atoms with E-state index in [0.29, 0.717) is 94.1 Å². The molecule has 0 saturated carbocycles. The monoisotopic (exact) mass is 1100 g/mol. The van der Waals surface area contributed by atoms with Crippen LogP contribution in [0.4, 0.5) is 37.7 Å². The molecule has 0 spiro atoms. The van der Waals surface area contributed by atoms with E-state index in [9.17, 15) is 45.5 Å². The predicted molar refractivity (Wildman–Crippen MR) is 279 cm³/mol. The number of amides is 2. The Bertz CT molecular complexity index is 2920. The summed E-state index contributed by atoms with van der Waals surface area (Å²) < 4.78 is 98.5. The summed E-state index contributed by atoms with van der Waals surface area (Å²) in [7, 11) is 3.48. The largest absolute Gasteiger partial charge is 0.488 e. The van der Waals surface area contributed by atoms with Gasteiger partial charge in [-0.25, -0.2) is 0 Å². The molecule has 0 radical (unpaired) electrons. The van der Waals surface area contributed by atoms with Crippen LogP contribution < -0.4 is 19.3 Å². The molecular formula is C54H55ClF6N4O8S2. The minimum Gasteiger partial charge on any atom is -0.488 e. The number of likely N-dealkylation sites (N-methyl/N-ethyl adjacent to an activating group) is 2. The van der Waals surface area contributed by atoms with E-state index in [4.69, 9.17) is 19.3 Å². The third-order valence-electron chi connectivity index (χ3n) is 12.0. The molecule has 12 nitrogen and oxygen atoms in total. The van der Waals surface area contributed by atoms with Gasteiger partial charge in [0, 0.05) is 58.4 Å². The maximum absolute atomic E-state index is 13.7. The van der Waals surface area contributed by atoms with Crippen LogP contribution in [0.3, 0.4) is 0 Å². The Labute approximate surface area is 444 Å². The second kappa shape index (κ2) is 25.9. The lowest BCUT2D eigenvalue weighted by Crippen LogP contribution is -2.38. The molecule has 0 fully saturated rings. The van der Waals surface area contributed by atoms with Gasteiger partial charge in [0.15, 0.2) is 0 Å². The average molecular weight is 1100 g/mol. The van der Waals surface area contributed by atoms with Gasteiger partial charge in [-0.05, 0) is 105 Å². The van der Waals surface area contributed by atoms with E-state index in [-0.39, 0.29) is 87.0 Å². The van der Waals surface area contributed by atoms with Crippen LogP contribution in [0.5, 0.6) is 11.5 Å². The maximum Gasteiger partial charge on any atom is 0.426 e. The summed E-state index contributed by atoms with van der Waals surface area (Å²) in [6.07, 6.45) is -7.45. The first-order chi connectivity index (χ1) is 35.3. The molecule has 2 aliphatic heterocycles. The minimum absolute atomic E-state index is 0. The Balaban J connectivity index is 0.000000241. The van der Waals surface area contributed by atoms with Crippen LogP contribution in [0.2, 0.25) is 0 Å². The molecule has 0 atom stereocenters. The molecule has 0 unspecified atom stereocenters. The van der Waals surface area contributed by atoms with Gasteiger partial charge in [-0.1, -0.05) is 60.7 Å². The molecule has 1 N–H and O–H groups in total. The summed E-state index contributed by atoms with van der Waals surface area (Å²) >= 11 is 1.37. The van der Waals surface area contributed by atoms with Gasteiger partial charge in [0.25, 0.3) is 0 Å². The molecule has 4 heterocycles. The normalized spacial score (nSPS) is 12.9. The van der Waals surface area contributed by atoms with Crippen molar-refractivity contribution in [1.82, 2.24) is 9.80 Å². The molecule has 2 amide bonds. The number of nitrogens with zero attached hydrogens (tertiary/aromatic N) is 4. The summed E-state index contributed by atoms with van der Waals surface area (Å²) in [5, 5.41) is 8.80. The number of carboxylic acids is 1. The summed E-state index contributed by atoms with van der Waals surface area (Å²) in [5.74, 6) is -0.351. The van der Waals surface area contributed by atoms with Crippen molar-refractivity contribution in [2.45, 2.75) is 58.2 Å². The van der Waals surface area contributed by atoms with Crippen molar-refractivity contribution in [3.05, 3.63) is 140 Å². The standard InChI is InChI=1S/C28H29F3N2O4S.C26H25F3N2O4S.ClH/c1-3-36-26(35)12-13-32(2)17-25(34)33-14-11-20-15-21(9-10-24(20)33)37-18-22-16-23(19-7-5-4-6-8-19)27(38-22)28(29,30)31;1-30(11-10-24(33)34)15-23(32)31-12-9-18-13-19(7-8-22(18)31)35-16-20-14-21(17-5-3-2-4-6-17)25(36-20)26(27,28)29;/h4-10,15-16H,3,11-14,17-18H2,1-2H3;2-8,13-14H,9-12,15-16H2,1H3,(H,33,34);1H. The van der Waals surface area contributed by atoms with E-state index < -0.39 is 28.1 Å². The van der Waals surface area contributed by atoms with Crippen LogP contribution in [0.25, 0.3) is 22.3 Å². The Kier molecular flexibility index (Phi) is 19.9. The zero-order chi connectivity index (χ0) is 53.2. The van der Waals surface area contributed by atoms with Crippen molar-refractivity contribution in [2.75, 3.05) is 69.8 Å². The molecule has 8 rings (SSSR count). The Hall–Kier alpha value is -6.45. The molecule has 0 bridgehead atoms. The van der Waals surface area contributed by atoms with Crippen molar-refractivity contribution in [3.8, 4) is 33.8 Å². The van der Waals surface area contributed by atoms with Gasteiger partial charge >= 0.3 is 24.3 Å². The van der Waals surface area contributed by atoms with Crippen molar-refractivity contribution in [3.63, 3.8) is 0 Å². The molecule has 0 saturated heterocycles. The van der Waals surface area contributed by atoms with Crippen LogP contribution in [0.1, 0.15) is 50.4 Å². The number of carboxylic acid groups (broad SMARTS) is 1. The fraction of sp³-hybridized carbons (Fsp3) is 0.333. The Morgan fingerprint density at radius 2 is 1.03 bits per heavy atom. The topological polar surface area (TPSA) is 129 Å². The zero-order valence-electron chi connectivity index (χ0n) is 41.2. The van der Waals surface area contributed by atoms with E-state index in [2.05, 4.69) is 0 Å². The predicted octanol–water partition coefficient (Wildman–Crippen LogP) is 11.5. The number of hydrogen-bond donors (Lipinski definition) is 1. The number of anilines is 2. The molecule has 2 aliphatic rings. The number of benzene rings is 4. The fourth-order valence-electron chi connectivity index (χ4n) is 8.47. The number of ether oxygens (including phenoxy) is 3. The molecular weight excluding hydrogens is 1050 g/mol. The van der Waals surface area contributed by atoms with Crippen LogP contribution in [0.15, 0.2) is 109 Å². The lowest BCUT2D eigenvalue weighted by atomic mass is 10.1. The van der Waals surface area contributed by atoms with Gasteiger partial charge in [-0.3, -0.25) is 29.0 Å². The average Bonchev–Trinajstić information content (AvgIpc) is 4.19. The Morgan fingerprint density at radius 1 is 0.613 bits per heavy atom. The molecule has 21 heteroatoms. The van der Waals surface area contributed by atoms with Gasteiger partial charge in [0.2, 0.25) is 11.8 Å². The number of alkyl halides is 6. The third kappa shape index (κ3) is 15.6. The zero-order valence-corrected chi connectivity index (χ0v) is 43.6. The van der Waals surface area contributed by atoms with Gasteiger partial charge in [0.05, 0.1) is 32.5 Å². The molecule has 0 aliphatic carbocycles. The number of aliphatic carboxylic acids is 1. The van der Waals surface area contributed by atoms with Crippen molar-refractivity contribution in [2.24, 2.45) is 0 Å². The number of halogens is 7. The van der Waals surface area contributed by atoms with E-state index >= 15 is 0 Å². The lowest BCUT2D eigenvalue weighted by Gasteiger charge is -2.22. The number of carbonyl (C=O) groups excluding carboxylic acids is 3. The highest BCUT2D eigenvalue weighted by atomic mass is 35.5. The van der Waals surface area contributed by atoms with Gasteiger partial charge in [0.1, 0.15) is 34.5 Å². The fourth-order valence-corrected chi connectivity index (χ4v) is 10.4. The second-order valence-electron chi connectivity index (χ2n) is 17.6. The van der Waals surface area contributed by atoms with Crippen molar-refractivity contribution >= 4 is 70.2 Å². The van der Waals surface area contributed by atoms with Gasteiger partial charge < -0.3 is 29.1 Å². The van der Waals surface area contributed by atoms with Gasteiger partial charge in [-0.15, -0.1) is 35.1 Å². The second-order valence-corrected chi connectivity index (χ2v) is 19.8. The minimum atomic E-state index is -4.46. The number of esters is 1. The first-order valence-electron chi connectivity index (χ1n) is 23.6. The number of fused-ring (bicyclic) bond motifs is 2. The van der Waals surface area contributed by atoms with Crippen molar-refractivity contribution < 1.29 is 64.8 Å². The quantitative estimate of drug-likeness (QED) is 0.0618. The molecule has 6 aromatic rings.